The summed E-state index contributed by atoms with van der Waals surface area (Å²) >= 11 is 1.63. The average molecular weight is 491 g/mol. The average Bonchev–Trinajstić information content (AvgIpc) is 3.34. The van der Waals surface area contributed by atoms with E-state index < -0.39 is 23.7 Å². The van der Waals surface area contributed by atoms with Crippen molar-refractivity contribution in [2.75, 3.05) is 11.2 Å². The molecule has 176 valence electrons. The van der Waals surface area contributed by atoms with E-state index in [9.17, 15) is 13.6 Å². The van der Waals surface area contributed by atoms with Crippen LogP contribution in [0.3, 0.4) is 0 Å². The van der Waals surface area contributed by atoms with Gasteiger partial charge < -0.3 is 9.84 Å². The summed E-state index contributed by atoms with van der Waals surface area (Å²) < 4.78 is 33.2. The number of urea groups is 1. The zero-order chi connectivity index (χ0) is 24.5. The lowest BCUT2D eigenvalue weighted by Crippen LogP contribution is -2.46. The first-order chi connectivity index (χ1) is 16.9. The van der Waals surface area contributed by atoms with Gasteiger partial charge in [-0.1, -0.05) is 23.4 Å². The van der Waals surface area contributed by atoms with Gasteiger partial charge in [-0.3, -0.25) is 4.90 Å². The van der Waals surface area contributed by atoms with Crippen LogP contribution in [0.2, 0.25) is 0 Å². The Balaban J connectivity index is 1.63. The van der Waals surface area contributed by atoms with E-state index in [2.05, 4.69) is 15.5 Å². The quantitative estimate of drug-likeness (QED) is 0.326. The molecule has 5 rings (SSSR count). The van der Waals surface area contributed by atoms with E-state index >= 15 is 0 Å². The molecule has 1 aliphatic heterocycles. The number of thioether (sulfide) groups is 1. The maximum atomic E-state index is 14.0. The molecular weight excluding hydrogens is 470 g/mol. The van der Waals surface area contributed by atoms with Crippen LogP contribution >= 0.6 is 11.8 Å². The van der Waals surface area contributed by atoms with Gasteiger partial charge in [-0.25, -0.2) is 13.6 Å². The molecule has 1 atom stereocenters. The lowest BCUT2D eigenvalue weighted by Gasteiger charge is -2.35. The van der Waals surface area contributed by atoms with Crippen molar-refractivity contribution >= 4 is 29.1 Å². The Morgan fingerprint density at radius 2 is 1.74 bits per heavy atom. The second-order valence-corrected chi connectivity index (χ2v) is 8.78. The van der Waals surface area contributed by atoms with Gasteiger partial charge in [-0.15, -0.1) is 11.8 Å². The number of halogens is 2. The summed E-state index contributed by atoms with van der Waals surface area (Å²) in [6.07, 6.45) is 1.99. The van der Waals surface area contributed by atoms with Crippen LogP contribution in [0, 0.1) is 11.6 Å². The second-order valence-electron chi connectivity index (χ2n) is 7.90. The molecule has 0 radical (unpaired) electrons. The number of hydrogen-bond donors (Lipinski definition) is 1. The number of hydrogen-bond acceptors (Lipinski definition) is 5. The standard InChI is InChI=1S/C26H20F2N4O2S/c1-15-22(25-30-24(31-34-25)17-8-12-21(35-2)13-9-17)23(16-6-10-18(27)11-7-16)29-26(33)32(15)20-5-3-4-19(28)14-20/h3-14,23H,1-2H3,(H,29,33). The van der Waals surface area contributed by atoms with Gasteiger partial charge in [0.25, 0.3) is 5.89 Å². The topological polar surface area (TPSA) is 71.3 Å². The third kappa shape index (κ3) is 4.42. The molecule has 0 spiro atoms. The molecule has 1 N–H and O–H groups in total. The van der Waals surface area contributed by atoms with E-state index in [4.69, 9.17) is 4.52 Å². The first-order valence-corrected chi connectivity index (χ1v) is 12.0. The molecular formula is C26H20F2N4O2S. The molecule has 3 aromatic carbocycles. The van der Waals surface area contributed by atoms with Gasteiger partial charge in [0.05, 0.1) is 17.3 Å². The van der Waals surface area contributed by atoms with Crippen LogP contribution in [0.25, 0.3) is 17.0 Å². The van der Waals surface area contributed by atoms with Crippen LogP contribution in [0.1, 0.15) is 24.4 Å². The summed E-state index contributed by atoms with van der Waals surface area (Å²) in [6, 6.07) is 18.1. The van der Waals surface area contributed by atoms with Crippen molar-refractivity contribution in [1.29, 1.82) is 0 Å². The minimum atomic E-state index is -0.680. The zero-order valence-corrected chi connectivity index (χ0v) is 19.6. The van der Waals surface area contributed by atoms with Crippen LogP contribution in [0.15, 0.2) is 87.9 Å². The molecule has 9 heteroatoms. The third-order valence-electron chi connectivity index (χ3n) is 5.76. The van der Waals surface area contributed by atoms with Crippen LogP contribution in [0.5, 0.6) is 0 Å². The Hall–Kier alpha value is -3.98. The van der Waals surface area contributed by atoms with Gasteiger partial charge in [0.1, 0.15) is 11.6 Å². The molecule has 0 saturated heterocycles. The smallest absolute Gasteiger partial charge is 0.327 e. The first-order valence-electron chi connectivity index (χ1n) is 10.8. The highest BCUT2D eigenvalue weighted by Crippen LogP contribution is 2.39. The Kier molecular flexibility index (Phi) is 6.08. The Morgan fingerprint density at radius 1 is 1.00 bits per heavy atom. The third-order valence-corrected chi connectivity index (χ3v) is 6.50. The fourth-order valence-electron chi connectivity index (χ4n) is 4.04. The number of nitrogens with one attached hydrogen (secondary N) is 1. The molecule has 0 aliphatic carbocycles. The van der Waals surface area contributed by atoms with Gasteiger partial charge >= 0.3 is 6.03 Å². The van der Waals surface area contributed by atoms with E-state index in [1.54, 1.807) is 36.9 Å². The van der Waals surface area contributed by atoms with E-state index in [0.29, 0.717) is 28.3 Å². The number of allylic oxidation sites excluding steroid dienone is 1. The van der Waals surface area contributed by atoms with Gasteiger partial charge in [-0.05, 0) is 73.3 Å². The van der Waals surface area contributed by atoms with Crippen molar-refractivity contribution < 1.29 is 18.1 Å². The molecule has 6 nitrogen and oxygen atoms in total. The number of carbonyl (C=O) groups excluding carboxylic acids is 1. The number of aromatic nitrogens is 2. The van der Waals surface area contributed by atoms with Gasteiger partial charge in [-0.2, -0.15) is 4.98 Å². The summed E-state index contributed by atoms with van der Waals surface area (Å²) in [7, 11) is 0. The minimum Gasteiger partial charge on any atom is -0.334 e. The minimum absolute atomic E-state index is 0.196. The zero-order valence-electron chi connectivity index (χ0n) is 18.8. The molecule has 1 aliphatic rings. The summed E-state index contributed by atoms with van der Waals surface area (Å²) in [5.74, 6) is -0.283. The van der Waals surface area contributed by atoms with Crippen molar-refractivity contribution in [3.8, 4) is 11.4 Å². The first kappa shape index (κ1) is 22.8. The van der Waals surface area contributed by atoms with E-state index in [1.807, 2.05) is 30.5 Å². The summed E-state index contributed by atoms with van der Waals surface area (Å²) in [5.41, 5.74) is 2.78. The number of rotatable bonds is 5. The number of benzene rings is 3. The fourth-order valence-corrected chi connectivity index (χ4v) is 4.45. The molecule has 4 aromatic rings. The number of amides is 2. The monoisotopic (exact) mass is 490 g/mol. The van der Waals surface area contributed by atoms with Gasteiger partial charge in [0, 0.05) is 16.2 Å². The predicted octanol–water partition coefficient (Wildman–Crippen LogP) is 6.44. The van der Waals surface area contributed by atoms with Gasteiger partial charge in [0.15, 0.2) is 0 Å². The summed E-state index contributed by atoms with van der Waals surface area (Å²) in [4.78, 5) is 20.2. The van der Waals surface area contributed by atoms with E-state index in [0.717, 1.165) is 10.5 Å². The highest BCUT2D eigenvalue weighted by molar-refractivity contribution is 7.98. The Bertz CT molecular complexity index is 1420. The van der Waals surface area contributed by atoms with E-state index in [1.165, 1.54) is 35.2 Å². The van der Waals surface area contributed by atoms with Crippen molar-refractivity contribution in [2.45, 2.75) is 17.9 Å². The van der Waals surface area contributed by atoms with Crippen molar-refractivity contribution in [1.82, 2.24) is 15.5 Å². The SMILES string of the molecule is CSc1ccc(-c2noc(C3=C(C)N(c4cccc(F)c4)C(=O)NC3c3ccc(F)cc3)n2)cc1. The molecule has 0 saturated carbocycles. The molecule has 0 fully saturated rings. The molecule has 1 unspecified atom stereocenters. The molecule has 2 amide bonds. The van der Waals surface area contributed by atoms with Crippen LogP contribution in [0.4, 0.5) is 19.3 Å². The number of carbonyl (C=O) groups is 1. The second kappa shape index (κ2) is 9.34. The van der Waals surface area contributed by atoms with Crippen LogP contribution in [-0.4, -0.2) is 22.4 Å². The molecule has 0 bridgehead atoms. The lowest BCUT2D eigenvalue weighted by atomic mass is 9.94. The molecule has 1 aromatic heterocycles. The fraction of sp³-hybridized carbons (Fsp3) is 0.115. The number of anilines is 1. The van der Waals surface area contributed by atoms with Crippen LogP contribution < -0.4 is 10.2 Å². The Morgan fingerprint density at radius 3 is 2.43 bits per heavy atom. The van der Waals surface area contributed by atoms with Crippen molar-refractivity contribution in [2.24, 2.45) is 0 Å². The maximum absolute atomic E-state index is 14.0. The normalized spacial score (nSPS) is 15.9. The molecule has 2 heterocycles. The Labute approximate surface area is 204 Å². The van der Waals surface area contributed by atoms with E-state index in [-0.39, 0.29) is 5.89 Å². The molecule has 35 heavy (non-hydrogen) atoms. The number of nitrogens with zero attached hydrogens (tertiary/aromatic N) is 3. The van der Waals surface area contributed by atoms with Crippen molar-refractivity contribution in [3.63, 3.8) is 0 Å². The van der Waals surface area contributed by atoms with Gasteiger partial charge in [0.2, 0.25) is 5.82 Å². The van der Waals surface area contributed by atoms with Crippen molar-refractivity contribution in [3.05, 3.63) is 102 Å². The summed E-state index contributed by atoms with van der Waals surface area (Å²) in [5, 5.41) is 7.06. The summed E-state index contributed by atoms with van der Waals surface area (Å²) in [6.45, 7) is 1.73. The predicted molar refractivity (Wildman–Crippen MR) is 131 cm³/mol. The maximum Gasteiger partial charge on any atom is 0.327 e. The lowest BCUT2D eigenvalue weighted by molar-refractivity contribution is 0.244. The highest BCUT2D eigenvalue weighted by atomic mass is 32.2. The largest absolute Gasteiger partial charge is 0.334 e. The highest BCUT2D eigenvalue weighted by Gasteiger charge is 2.36. The van der Waals surface area contributed by atoms with Crippen LogP contribution in [-0.2, 0) is 0 Å².